The lowest BCUT2D eigenvalue weighted by atomic mass is 10.1. The summed E-state index contributed by atoms with van der Waals surface area (Å²) in [5.41, 5.74) is 2.20. The van der Waals surface area contributed by atoms with E-state index in [1.54, 1.807) is 6.92 Å². The Bertz CT molecular complexity index is 548. The van der Waals surface area contributed by atoms with Crippen LogP contribution in [0.25, 0.3) is 0 Å². The Morgan fingerprint density at radius 1 is 1.32 bits per heavy atom. The van der Waals surface area contributed by atoms with Gasteiger partial charge in [-0.2, -0.15) is 0 Å². The molecule has 1 aromatic carbocycles. The second kappa shape index (κ2) is 7.78. The number of esters is 1. The van der Waals surface area contributed by atoms with Crippen LogP contribution >= 0.6 is 0 Å². The average molecular weight is 301 g/mol. The van der Waals surface area contributed by atoms with Gasteiger partial charge < -0.3 is 10.1 Å². The van der Waals surface area contributed by atoms with Crippen LogP contribution in [0.15, 0.2) is 36.4 Å². The van der Waals surface area contributed by atoms with E-state index in [0.29, 0.717) is 13.0 Å². The van der Waals surface area contributed by atoms with Gasteiger partial charge in [0, 0.05) is 6.54 Å². The Labute approximate surface area is 131 Å². The molecule has 22 heavy (non-hydrogen) atoms. The molecule has 0 aliphatic heterocycles. The standard InChI is InChI=1S/C18H23NO3/c1-13-7-9-16(10-8-13)12-19-18(21)14(2)22-17(20)11-15-5-3-4-6-15/h3,5,7-10,14-15H,4,6,11-12H2,1-2H3,(H,19,21)/t14-,15+/m1/s1. The highest BCUT2D eigenvalue weighted by Crippen LogP contribution is 2.20. The second-order valence-corrected chi connectivity index (χ2v) is 5.81. The van der Waals surface area contributed by atoms with Crippen molar-refractivity contribution in [1.29, 1.82) is 0 Å². The Morgan fingerprint density at radius 2 is 2.05 bits per heavy atom. The predicted octanol–water partition coefficient (Wildman–Crippen LogP) is 2.90. The normalized spacial score (nSPS) is 18.0. The van der Waals surface area contributed by atoms with Crippen LogP contribution in [-0.2, 0) is 20.9 Å². The Kier molecular flexibility index (Phi) is 5.75. The summed E-state index contributed by atoms with van der Waals surface area (Å²) in [6.07, 6.45) is 5.72. The van der Waals surface area contributed by atoms with Gasteiger partial charge in [0.1, 0.15) is 0 Å². The summed E-state index contributed by atoms with van der Waals surface area (Å²) in [4.78, 5) is 23.7. The van der Waals surface area contributed by atoms with Gasteiger partial charge in [0.15, 0.2) is 6.10 Å². The molecule has 1 aliphatic carbocycles. The molecule has 0 saturated carbocycles. The lowest BCUT2D eigenvalue weighted by molar-refractivity contribution is -0.155. The molecule has 2 atom stereocenters. The zero-order valence-electron chi connectivity index (χ0n) is 13.2. The molecular weight excluding hydrogens is 278 g/mol. The minimum atomic E-state index is -0.761. The van der Waals surface area contributed by atoms with Crippen LogP contribution in [0.4, 0.5) is 0 Å². The summed E-state index contributed by atoms with van der Waals surface area (Å²) < 4.78 is 5.20. The quantitative estimate of drug-likeness (QED) is 0.649. The minimum absolute atomic E-state index is 0.260. The van der Waals surface area contributed by atoms with Crippen molar-refractivity contribution in [2.24, 2.45) is 5.92 Å². The van der Waals surface area contributed by atoms with Crippen molar-refractivity contribution >= 4 is 11.9 Å². The SMILES string of the molecule is Cc1ccc(CNC(=O)[C@@H](C)OC(=O)C[C@H]2C=CCC2)cc1. The topological polar surface area (TPSA) is 55.4 Å². The number of aryl methyl sites for hydroxylation is 1. The van der Waals surface area contributed by atoms with Crippen LogP contribution in [0.1, 0.15) is 37.3 Å². The van der Waals surface area contributed by atoms with Crippen molar-refractivity contribution in [3.05, 3.63) is 47.5 Å². The van der Waals surface area contributed by atoms with Crippen molar-refractivity contribution < 1.29 is 14.3 Å². The summed E-state index contributed by atoms with van der Waals surface area (Å²) in [7, 11) is 0. The fourth-order valence-corrected chi connectivity index (χ4v) is 2.42. The second-order valence-electron chi connectivity index (χ2n) is 5.81. The molecule has 0 unspecified atom stereocenters. The molecule has 0 radical (unpaired) electrons. The molecule has 4 nitrogen and oxygen atoms in total. The third-order valence-corrected chi connectivity index (χ3v) is 3.81. The van der Waals surface area contributed by atoms with Crippen molar-refractivity contribution in [2.75, 3.05) is 0 Å². The summed E-state index contributed by atoms with van der Waals surface area (Å²) in [5.74, 6) is -0.319. The number of amides is 1. The molecule has 1 N–H and O–H groups in total. The largest absolute Gasteiger partial charge is 0.453 e. The van der Waals surface area contributed by atoms with Gasteiger partial charge in [0.2, 0.25) is 0 Å². The smallest absolute Gasteiger partial charge is 0.307 e. The number of carbonyl (C=O) groups is 2. The van der Waals surface area contributed by atoms with E-state index in [-0.39, 0.29) is 17.8 Å². The van der Waals surface area contributed by atoms with Crippen LogP contribution in [-0.4, -0.2) is 18.0 Å². The van der Waals surface area contributed by atoms with Crippen molar-refractivity contribution in [2.45, 2.75) is 45.8 Å². The first-order chi connectivity index (χ1) is 10.5. The molecule has 1 amide bonds. The van der Waals surface area contributed by atoms with Gasteiger partial charge in [0.25, 0.3) is 5.91 Å². The van der Waals surface area contributed by atoms with E-state index in [1.165, 1.54) is 5.56 Å². The van der Waals surface area contributed by atoms with Crippen LogP contribution in [0, 0.1) is 12.8 Å². The molecule has 2 rings (SSSR count). The highest BCUT2D eigenvalue weighted by Gasteiger charge is 2.20. The van der Waals surface area contributed by atoms with Crippen LogP contribution < -0.4 is 5.32 Å². The number of hydrogen-bond donors (Lipinski definition) is 1. The Balaban J connectivity index is 1.72. The number of nitrogens with one attached hydrogen (secondary N) is 1. The van der Waals surface area contributed by atoms with E-state index in [4.69, 9.17) is 4.74 Å². The van der Waals surface area contributed by atoms with Crippen LogP contribution in [0.5, 0.6) is 0 Å². The molecule has 0 bridgehead atoms. The molecule has 1 aliphatic rings. The van der Waals surface area contributed by atoms with E-state index < -0.39 is 6.10 Å². The number of allylic oxidation sites excluding steroid dienone is 2. The number of benzene rings is 1. The number of ether oxygens (including phenoxy) is 1. The van der Waals surface area contributed by atoms with Gasteiger partial charge in [-0.05, 0) is 38.2 Å². The van der Waals surface area contributed by atoms with Gasteiger partial charge in [-0.3, -0.25) is 9.59 Å². The molecule has 4 heteroatoms. The summed E-state index contributed by atoms with van der Waals surface area (Å²) >= 11 is 0. The van der Waals surface area contributed by atoms with Crippen molar-refractivity contribution in [3.63, 3.8) is 0 Å². The first-order valence-electron chi connectivity index (χ1n) is 7.74. The highest BCUT2D eigenvalue weighted by atomic mass is 16.5. The van der Waals surface area contributed by atoms with Crippen LogP contribution in [0.3, 0.4) is 0 Å². The van der Waals surface area contributed by atoms with Gasteiger partial charge >= 0.3 is 5.97 Å². The number of hydrogen-bond acceptors (Lipinski definition) is 3. The fourth-order valence-electron chi connectivity index (χ4n) is 2.42. The van der Waals surface area contributed by atoms with Crippen molar-refractivity contribution in [1.82, 2.24) is 5.32 Å². The van der Waals surface area contributed by atoms with E-state index in [1.807, 2.05) is 37.3 Å². The monoisotopic (exact) mass is 301 g/mol. The lowest BCUT2D eigenvalue weighted by Crippen LogP contribution is -2.35. The summed E-state index contributed by atoms with van der Waals surface area (Å²) in [6, 6.07) is 7.94. The molecule has 0 saturated heterocycles. The fraction of sp³-hybridized carbons (Fsp3) is 0.444. The zero-order valence-corrected chi connectivity index (χ0v) is 13.2. The first-order valence-corrected chi connectivity index (χ1v) is 7.74. The van der Waals surface area contributed by atoms with E-state index >= 15 is 0 Å². The van der Waals surface area contributed by atoms with E-state index in [2.05, 4.69) is 11.4 Å². The molecule has 0 aromatic heterocycles. The van der Waals surface area contributed by atoms with E-state index in [0.717, 1.165) is 18.4 Å². The Morgan fingerprint density at radius 3 is 2.68 bits per heavy atom. The highest BCUT2D eigenvalue weighted by molar-refractivity contribution is 5.83. The minimum Gasteiger partial charge on any atom is -0.453 e. The van der Waals surface area contributed by atoms with Crippen molar-refractivity contribution in [3.8, 4) is 0 Å². The molecule has 118 valence electrons. The van der Waals surface area contributed by atoms with Crippen LogP contribution in [0.2, 0.25) is 0 Å². The summed E-state index contributed by atoms with van der Waals surface area (Å²) in [6.45, 7) is 4.06. The average Bonchev–Trinajstić information content (AvgIpc) is 2.99. The van der Waals surface area contributed by atoms with Gasteiger partial charge in [0.05, 0.1) is 6.42 Å². The maximum Gasteiger partial charge on any atom is 0.307 e. The first kappa shape index (κ1) is 16.3. The predicted molar refractivity (Wildman–Crippen MR) is 85.1 cm³/mol. The molecular formula is C18H23NO3. The number of carbonyl (C=O) groups excluding carboxylic acids is 2. The maximum atomic E-state index is 12.0. The number of rotatable bonds is 6. The third kappa shape index (κ3) is 5.02. The zero-order chi connectivity index (χ0) is 15.9. The van der Waals surface area contributed by atoms with Gasteiger partial charge in [-0.25, -0.2) is 0 Å². The lowest BCUT2D eigenvalue weighted by Gasteiger charge is -2.15. The van der Waals surface area contributed by atoms with Gasteiger partial charge in [-0.1, -0.05) is 42.0 Å². The molecule has 0 heterocycles. The van der Waals surface area contributed by atoms with E-state index in [9.17, 15) is 9.59 Å². The molecule has 1 aromatic rings. The Hall–Kier alpha value is -2.10. The van der Waals surface area contributed by atoms with Gasteiger partial charge in [-0.15, -0.1) is 0 Å². The third-order valence-electron chi connectivity index (χ3n) is 3.81. The summed E-state index contributed by atoms with van der Waals surface area (Å²) in [5, 5.41) is 2.79. The molecule has 0 fully saturated rings. The maximum absolute atomic E-state index is 12.0. The molecule has 0 spiro atoms.